The SMILES string of the molecule is CC(C)COC(=O)/C(C#N)=C/C=C/c1ccccc1. The number of rotatable bonds is 5. The lowest BCUT2D eigenvalue weighted by molar-refractivity contribution is -0.139. The Morgan fingerprint density at radius 3 is 2.63 bits per heavy atom. The molecule has 3 nitrogen and oxygen atoms in total. The Morgan fingerprint density at radius 2 is 2.05 bits per heavy atom. The number of carbonyl (C=O) groups is 1. The highest BCUT2D eigenvalue weighted by atomic mass is 16.5. The van der Waals surface area contributed by atoms with Crippen LogP contribution in [0.2, 0.25) is 0 Å². The van der Waals surface area contributed by atoms with Gasteiger partial charge >= 0.3 is 5.97 Å². The van der Waals surface area contributed by atoms with E-state index in [1.807, 2.05) is 56.3 Å². The highest BCUT2D eigenvalue weighted by Crippen LogP contribution is 2.04. The third-order valence-electron chi connectivity index (χ3n) is 2.24. The van der Waals surface area contributed by atoms with Gasteiger partial charge < -0.3 is 4.74 Å². The molecule has 0 N–H and O–H groups in total. The van der Waals surface area contributed by atoms with Crippen LogP contribution in [0.25, 0.3) is 6.08 Å². The zero-order valence-corrected chi connectivity index (χ0v) is 11.2. The summed E-state index contributed by atoms with van der Waals surface area (Å²) < 4.78 is 5.00. The maximum absolute atomic E-state index is 11.6. The molecule has 0 aliphatic heterocycles. The van der Waals surface area contributed by atoms with Crippen LogP contribution < -0.4 is 0 Å². The van der Waals surface area contributed by atoms with Gasteiger partial charge in [0.25, 0.3) is 0 Å². The van der Waals surface area contributed by atoms with E-state index >= 15 is 0 Å². The molecule has 0 unspecified atom stereocenters. The molecule has 0 saturated heterocycles. The van der Waals surface area contributed by atoms with Gasteiger partial charge in [-0.25, -0.2) is 4.79 Å². The normalized spacial score (nSPS) is 11.6. The summed E-state index contributed by atoms with van der Waals surface area (Å²) in [7, 11) is 0. The summed E-state index contributed by atoms with van der Waals surface area (Å²) in [5, 5.41) is 8.91. The summed E-state index contributed by atoms with van der Waals surface area (Å²) in [5.74, 6) is -0.322. The standard InChI is InChI=1S/C16H17NO2/c1-13(2)12-19-16(18)15(11-17)10-6-9-14-7-4-3-5-8-14/h3-10,13H,12H2,1-2H3/b9-6+,15-10+. The number of nitriles is 1. The fraction of sp³-hybridized carbons (Fsp3) is 0.250. The van der Waals surface area contributed by atoms with Gasteiger partial charge in [0.15, 0.2) is 0 Å². The summed E-state index contributed by atoms with van der Waals surface area (Å²) in [5.41, 5.74) is 1.01. The summed E-state index contributed by atoms with van der Waals surface area (Å²) in [6.07, 6.45) is 4.97. The van der Waals surface area contributed by atoms with Crippen molar-refractivity contribution >= 4 is 12.0 Å². The molecular formula is C16H17NO2. The smallest absolute Gasteiger partial charge is 0.348 e. The van der Waals surface area contributed by atoms with Crippen LogP contribution in [0.5, 0.6) is 0 Å². The molecule has 0 amide bonds. The second kappa shape index (κ2) is 7.88. The topological polar surface area (TPSA) is 50.1 Å². The molecule has 0 radical (unpaired) electrons. The largest absolute Gasteiger partial charge is 0.461 e. The van der Waals surface area contributed by atoms with Gasteiger partial charge in [0, 0.05) is 0 Å². The van der Waals surface area contributed by atoms with Gasteiger partial charge in [-0.2, -0.15) is 5.26 Å². The lowest BCUT2D eigenvalue weighted by atomic mass is 10.2. The van der Waals surface area contributed by atoms with Crippen molar-refractivity contribution in [3.05, 3.63) is 53.6 Å². The van der Waals surface area contributed by atoms with Crippen LogP contribution in [0, 0.1) is 17.2 Å². The number of allylic oxidation sites excluding steroid dienone is 2. The molecule has 1 aromatic carbocycles. The Bertz CT molecular complexity index is 507. The molecule has 1 aromatic rings. The third kappa shape index (κ3) is 5.69. The monoisotopic (exact) mass is 255 g/mol. The molecule has 0 heterocycles. The van der Waals surface area contributed by atoms with E-state index in [1.54, 1.807) is 6.08 Å². The number of nitrogens with zero attached hydrogens (tertiary/aromatic N) is 1. The number of hydrogen-bond donors (Lipinski definition) is 0. The highest BCUT2D eigenvalue weighted by Gasteiger charge is 2.09. The Hall–Kier alpha value is -2.34. The van der Waals surface area contributed by atoms with Crippen LogP contribution >= 0.6 is 0 Å². The fourth-order valence-corrected chi connectivity index (χ4v) is 1.29. The quantitative estimate of drug-likeness (QED) is 0.351. The average molecular weight is 255 g/mol. The van der Waals surface area contributed by atoms with Gasteiger partial charge in [-0.15, -0.1) is 0 Å². The lowest BCUT2D eigenvalue weighted by Crippen LogP contribution is -2.11. The van der Waals surface area contributed by atoms with Crippen LogP contribution in [0.15, 0.2) is 48.1 Å². The predicted octanol–water partition coefficient (Wildman–Crippen LogP) is 3.35. The zero-order valence-electron chi connectivity index (χ0n) is 11.2. The van der Waals surface area contributed by atoms with E-state index in [1.165, 1.54) is 6.08 Å². The van der Waals surface area contributed by atoms with Crippen molar-refractivity contribution < 1.29 is 9.53 Å². The summed E-state index contributed by atoms with van der Waals surface area (Å²) in [6, 6.07) is 11.5. The molecule has 0 spiro atoms. The minimum Gasteiger partial charge on any atom is -0.461 e. The van der Waals surface area contributed by atoms with Gasteiger partial charge in [0.2, 0.25) is 0 Å². The van der Waals surface area contributed by atoms with E-state index in [-0.39, 0.29) is 11.5 Å². The molecule has 0 fully saturated rings. The number of esters is 1. The number of benzene rings is 1. The first-order valence-corrected chi connectivity index (χ1v) is 6.14. The van der Waals surface area contributed by atoms with Crippen LogP contribution in [0.4, 0.5) is 0 Å². The summed E-state index contributed by atoms with van der Waals surface area (Å²) in [6.45, 7) is 4.21. The Morgan fingerprint density at radius 1 is 1.37 bits per heavy atom. The van der Waals surface area contributed by atoms with Gasteiger partial charge in [0.05, 0.1) is 6.61 Å². The van der Waals surface area contributed by atoms with Gasteiger partial charge in [0.1, 0.15) is 11.6 Å². The average Bonchev–Trinajstić information content (AvgIpc) is 2.42. The minimum atomic E-state index is -0.575. The Labute approximate surface area is 113 Å². The minimum absolute atomic E-state index is 0.00725. The van der Waals surface area contributed by atoms with Crippen molar-refractivity contribution in [3.8, 4) is 6.07 Å². The van der Waals surface area contributed by atoms with Crippen molar-refractivity contribution in [2.75, 3.05) is 6.61 Å². The molecule has 3 heteroatoms. The number of carbonyl (C=O) groups excluding carboxylic acids is 1. The highest BCUT2D eigenvalue weighted by molar-refractivity contribution is 5.93. The molecule has 1 rings (SSSR count). The molecule has 0 aliphatic carbocycles. The first-order valence-electron chi connectivity index (χ1n) is 6.14. The van der Waals surface area contributed by atoms with Crippen LogP contribution in [-0.2, 0) is 9.53 Å². The lowest BCUT2D eigenvalue weighted by Gasteiger charge is -2.05. The van der Waals surface area contributed by atoms with E-state index in [4.69, 9.17) is 10.00 Å². The van der Waals surface area contributed by atoms with E-state index < -0.39 is 5.97 Å². The first kappa shape index (κ1) is 14.7. The van der Waals surface area contributed by atoms with Crippen LogP contribution in [0.1, 0.15) is 19.4 Å². The Kier molecular flexibility index (Phi) is 6.11. The summed E-state index contributed by atoms with van der Waals surface area (Å²) in [4.78, 5) is 11.6. The third-order valence-corrected chi connectivity index (χ3v) is 2.24. The first-order chi connectivity index (χ1) is 9.13. The van der Waals surface area contributed by atoms with E-state index in [9.17, 15) is 4.79 Å². The van der Waals surface area contributed by atoms with E-state index in [2.05, 4.69) is 0 Å². The second-order valence-corrected chi connectivity index (χ2v) is 4.45. The fourth-order valence-electron chi connectivity index (χ4n) is 1.29. The molecular weight excluding hydrogens is 238 g/mol. The van der Waals surface area contributed by atoms with Crippen molar-refractivity contribution in [2.24, 2.45) is 5.92 Å². The molecule has 0 saturated carbocycles. The van der Waals surface area contributed by atoms with Crippen molar-refractivity contribution in [2.45, 2.75) is 13.8 Å². The second-order valence-electron chi connectivity index (χ2n) is 4.45. The molecule has 0 aromatic heterocycles. The molecule has 0 atom stereocenters. The maximum Gasteiger partial charge on any atom is 0.348 e. The predicted molar refractivity (Wildman–Crippen MR) is 75.0 cm³/mol. The van der Waals surface area contributed by atoms with E-state index in [0.29, 0.717) is 6.61 Å². The maximum atomic E-state index is 11.6. The molecule has 0 bridgehead atoms. The van der Waals surface area contributed by atoms with Gasteiger partial charge in [-0.05, 0) is 17.6 Å². The molecule has 98 valence electrons. The Balaban J connectivity index is 2.65. The number of ether oxygens (including phenoxy) is 1. The van der Waals surface area contributed by atoms with Gasteiger partial charge in [-0.3, -0.25) is 0 Å². The van der Waals surface area contributed by atoms with Gasteiger partial charge in [-0.1, -0.05) is 56.3 Å². The van der Waals surface area contributed by atoms with E-state index in [0.717, 1.165) is 5.56 Å². The van der Waals surface area contributed by atoms with Crippen molar-refractivity contribution in [1.29, 1.82) is 5.26 Å². The van der Waals surface area contributed by atoms with Crippen molar-refractivity contribution in [3.63, 3.8) is 0 Å². The molecule has 19 heavy (non-hydrogen) atoms. The van der Waals surface area contributed by atoms with Crippen molar-refractivity contribution in [1.82, 2.24) is 0 Å². The van der Waals surface area contributed by atoms with Crippen LogP contribution in [0.3, 0.4) is 0 Å². The zero-order chi connectivity index (χ0) is 14.1. The number of hydrogen-bond acceptors (Lipinski definition) is 3. The summed E-state index contributed by atoms with van der Waals surface area (Å²) >= 11 is 0. The molecule has 0 aliphatic rings. The van der Waals surface area contributed by atoms with Crippen LogP contribution in [-0.4, -0.2) is 12.6 Å².